The highest BCUT2D eigenvalue weighted by Crippen LogP contribution is 2.20. The molecule has 0 aliphatic carbocycles. The van der Waals surface area contributed by atoms with Crippen LogP contribution in [-0.2, 0) is 6.54 Å². The van der Waals surface area contributed by atoms with Crippen molar-refractivity contribution in [1.82, 2.24) is 14.8 Å². The molecule has 0 spiro atoms. The molecule has 0 saturated carbocycles. The van der Waals surface area contributed by atoms with Gasteiger partial charge in [-0.05, 0) is 24.6 Å². The summed E-state index contributed by atoms with van der Waals surface area (Å²) in [4.78, 5) is 15.9. The zero-order chi connectivity index (χ0) is 17.2. The zero-order valence-corrected chi connectivity index (χ0v) is 14.1. The van der Waals surface area contributed by atoms with Crippen molar-refractivity contribution in [2.24, 2.45) is 20.7 Å². The van der Waals surface area contributed by atoms with Gasteiger partial charge in [-0.2, -0.15) is 4.99 Å². The maximum Gasteiger partial charge on any atom is 0.221 e. The van der Waals surface area contributed by atoms with Crippen LogP contribution in [-0.4, -0.2) is 46.0 Å². The number of benzene rings is 1. The molecule has 2 unspecified atom stereocenters. The molecule has 3 heterocycles. The van der Waals surface area contributed by atoms with Gasteiger partial charge in [0.15, 0.2) is 0 Å². The predicted octanol–water partition coefficient (Wildman–Crippen LogP) is 1.24. The van der Waals surface area contributed by atoms with Gasteiger partial charge < -0.3 is 16.0 Å². The Kier molecular flexibility index (Phi) is 3.97. The van der Waals surface area contributed by atoms with Crippen LogP contribution in [0.25, 0.3) is 0 Å². The Labute approximate surface area is 146 Å². The Bertz CT molecular complexity index is 820. The third-order valence-electron chi connectivity index (χ3n) is 4.39. The van der Waals surface area contributed by atoms with E-state index in [1.165, 1.54) is 0 Å². The maximum absolute atomic E-state index is 6.20. The first-order valence-electron chi connectivity index (χ1n) is 8.43. The second kappa shape index (κ2) is 6.43. The summed E-state index contributed by atoms with van der Waals surface area (Å²) in [6, 6.07) is 13.9. The number of aliphatic imine (C=N–C) groups is 3. The van der Waals surface area contributed by atoms with Gasteiger partial charge in [0.2, 0.25) is 11.9 Å². The van der Waals surface area contributed by atoms with Crippen molar-refractivity contribution in [3.8, 4) is 0 Å². The number of nitrogens with one attached hydrogen (secondary N) is 1. The fourth-order valence-corrected chi connectivity index (χ4v) is 3.15. The number of aromatic nitrogens is 1. The molecule has 7 nitrogen and oxygen atoms in total. The third-order valence-corrected chi connectivity index (χ3v) is 4.39. The minimum absolute atomic E-state index is 0.0607. The Hall–Kier alpha value is -3.09. The summed E-state index contributed by atoms with van der Waals surface area (Å²) in [7, 11) is 0. The number of fused-ring (bicyclic) bond motifs is 1. The Morgan fingerprint density at radius 1 is 1.16 bits per heavy atom. The molecule has 128 valence electrons. The van der Waals surface area contributed by atoms with Crippen molar-refractivity contribution in [3.05, 3.63) is 60.4 Å². The third kappa shape index (κ3) is 2.88. The van der Waals surface area contributed by atoms with Crippen molar-refractivity contribution in [1.29, 1.82) is 0 Å². The van der Waals surface area contributed by atoms with Crippen LogP contribution >= 0.6 is 0 Å². The van der Waals surface area contributed by atoms with Gasteiger partial charge >= 0.3 is 0 Å². The van der Waals surface area contributed by atoms with Crippen LogP contribution in [0.1, 0.15) is 12.5 Å². The van der Waals surface area contributed by atoms with Crippen LogP contribution in [0, 0.1) is 0 Å². The number of nitrogens with two attached hydrogens (primary N) is 1. The maximum atomic E-state index is 6.20. The second-order valence-electron chi connectivity index (χ2n) is 6.00. The Morgan fingerprint density at radius 2 is 1.92 bits per heavy atom. The average molecular weight is 335 g/mol. The predicted molar refractivity (Wildman–Crippen MR) is 99.6 cm³/mol. The Balaban J connectivity index is 1.57. The van der Waals surface area contributed by atoms with E-state index in [0.717, 1.165) is 18.1 Å². The lowest BCUT2D eigenvalue weighted by molar-refractivity contribution is 0.310. The van der Waals surface area contributed by atoms with E-state index < -0.39 is 0 Å². The highest BCUT2D eigenvalue weighted by Gasteiger charge is 2.41. The summed E-state index contributed by atoms with van der Waals surface area (Å²) in [6.07, 6.45) is 3.90. The van der Waals surface area contributed by atoms with Crippen molar-refractivity contribution in [2.75, 3.05) is 6.54 Å². The molecule has 0 bridgehead atoms. The topological polar surface area (TPSA) is 83.3 Å². The molecule has 2 atom stereocenters. The average Bonchev–Trinajstić information content (AvgIpc) is 3.28. The quantitative estimate of drug-likeness (QED) is 0.885. The normalized spacial score (nSPS) is 23.9. The van der Waals surface area contributed by atoms with E-state index in [4.69, 9.17) is 10.7 Å². The summed E-state index contributed by atoms with van der Waals surface area (Å²) < 4.78 is 2.00. The van der Waals surface area contributed by atoms with Gasteiger partial charge in [0, 0.05) is 18.9 Å². The first-order chi connectivity index (χ1) is 12.3. The molecule has 0 fully saturated rings. The molecule has 25 heavy (non-hydrogen) atoms. The van der Waals surface area contributed by atoms with Gasteiger partial charge in [0.05, 0.1) is 6.54 Å². The number of guanidine groups is 1. The van der Waals surface area contributed by atoms with Crippen LogP contribution in [0.15, 0.2) is 69.8 Å². The standard InChI is InChI=1S/C18H21N7/c1-2-25-16-14(21-18(25)24-10-6-7-11-24)15(19)22-17(23-16)20-12-13-8-4-3-5-9-13/h3-11,14,16H,2,12H2,1H3,(H3,19,20,22,23). The fraction of sp³-hybridized carbons (Fsp3) is 0.278. The van der Waals surface area contributed by atoms with E-state index in [2.05, 4.69) is 27.1 Å². The van der Waals surface area contributed by atoms with Gasteiger partial charge in [0.25, 0.3) is 0 Å². The Morgan fingerprint density at radius 3 is 2.64 bits per heavy atom. The van der Waals surface area contributed by atoms with E-state index in [1.54, 1.807) is 0 Å². The number of likely N-dealkylation sites (N-methyl/N-ethyl adjacent to an activating group) is 1. The molecule has 0 amide bonds. The highest BCUT2D eigenvalue weighted by molar-refractivity contribution is 6.04. The van der Waals surface area contributed by atoms with Crippen LogP contribution in [0.3, 0.4) is 0 Å². The summed E-state index contributed by atoms with van der Waals surface area (Å²) in [5, 5.41) is 3.39. The number of nitrogens with zero attached hydrogens (tertiary/aromatic N) is 5. The molecule has 0 saturated heterocycles. The van der Waals surface area contributed by atoms with Gasteiger partial charge in [-0.3, -0.25) is 4.57 Å². The number of hydrogen-bond donors (Lipinski definition) is 2. The fourth-order valence-electron chi connectivity index (χ4n) is 3.15. The summed E-state index contributed by atoms with van der Waals surface area (Å²) in [6.45, 7) is 3.48. The first kappa shape index (κ1) is 15.4. The molecule has 2 aromatic rings. The van der Waals surface area contributed by atoms with E-state index >= 15 is 0 Å². The molecule has 2 aliphatic rings. The monoisotopic (exact) mass is 335 g/mol. The van der Waals surface area contributed by atoms with E-state index in [9.17, 15) is 0 Å². The van der Waals surface area contributed by atoms with Crippen molar-refractivity contribution < 1.29 is 0 Å². The molecule has 2 aliphatic heterocycles. The summed E-state index contributed by atoms with van der Waals surface area (Å²) in [5.74, 6) is 1.93. The van der Waals surface area contributed by atoms with E-state index in [0.29, 0.717) is 18.3 Å². The van der Waals surface area contributed by atoms with Crippen LogP contribution in [0.4, 0.5) is 0 Å². The number of hydrogen-bond acceptors (Lipinski definition) is 4. The molecule has 1 aromatic heterocycles. The van der Waals surface area contributed by atoms with Gasteiger partial charge in [-0.15, -0.1) is 0 Å². The van der Waals surface area contributed by atoms with Gasteiger partial charge in [-0.1, -0.05) is 30.3 Å². The van der Waals surface area contributed by atoms with Crippen molar-refractivity contribution in [3.63, 3.8) is 0 Å². The smallest absolute Gasteiger partial charge is 0.221 e. The van der Waals surface area contributed by atoms with Crippen molar-refractivity contribution >= 4 is 17.8 Å². The van der Waals surface area contributed by atoms with Gasteiger partial charge in [-0.25, -0.2) is 9.98 Å². The first-order valence-corrected chi connectivity index (χ1v) is 8.43. The largest absolute Gasteiger partial charge is 0.385 e. The molecule has 1 aromatic carbocycles. The number of amidine groups is 1. The minimum atomic E-state index is -0.201. The summed E-state index contributed by atoms with van der Waals surface area (Å²) in [5.41, 5.74) is 7.33. The van der Waals surface area contributed by atoms with Crippen LogP contribution in [0.5, 0.6) is 0 Å². The van der Waals surface area contributed by atoms with Crippen LogP contribution in [0.2, 0.25) is 0 Å². The lowest BCUT2D eigenvalue weighted by Gasteiger charge is -2.32. The lowest BCUT2D eigenvalue weighted by Crippen LogP contribution is -2.58. The second-order valence-corrected chi connectivity index (χ2v) is 6.00. The van der Waals surface area contributed by atoms with E-state index in [-0.39, 0.29) is 12.2 Å². The molecular weight excluding hydrogens is 314 g/mol. The number of rotatable bonds is 3. The molecule has 0 radical (unpaired) electrons. The van der Waals surface area contributed by atoms with Gasteiger partial charge in [0.1, 0.15) is 18.0 Å². The molecule has 3 N–H and O–H groups in total. The highest BCUT2D eigenvalue weighted by atomic mass is 15.5. The lowest BCUT2D eigenvalue weighted by atomic mass is 10.2. The van der Waals surface area contributed by atoms with E-state index in [1.807, 2.05) is 59.4 Å². The molecule has 7 heteroatoms. The molecule has 4 rings (SSSR count). The SMILES string of the molecule is CCN1C(n2cccc2)=NC2C(N)=NC(=NCc3ccccc3)NC21. The van der Waals surface area contributed by atoms with Crippen LogP contribution < -0.4 is 11.1 Å². The zero-order valence-electron chi connectivity index (χ0n) is 14.1. The minimum Gasteiger partial charge on any atom is -0.385 e. The molecular formula is C18H21N7. The van der Waals surface area contributed by atoms with Crippen molar-refractivity contribution in [2.45, 2.75) is 25.7 Å². The summed E-state index contributed by atoms with van der Waals surface area (Å²) >= 11 is 0.